The number of nitrogens with zero attached hydrogens (tertiary/aromatic N) is 1. The molecule has 40 heavy (non-hydrogen) atoms. The minimum Gasteiger partial charge on any atom is -0.495 e. The Labute approximate surface area is 234 Å². The maximum Gasteiger partial charge on any atom is 0.264 e. The van der Waals surface area contributed by atoms with Crippen molar-refractivity contribution in [2.45, 2.75) is 18.2 Å². The molecule has 0 fully saturated rings. The van der Waals surface area contributed by atoms with Crippen molar-refractivity contribution in [2.75, 3.05) is 29.8 Å². The molecule has 2 N–H and O–H groups in total. The highest BCUT2D eigenvalue weighted by molar-refractivity contribution is 7.92. The normalized spacial score (nSPS) is 10.9. The number of methoxy groups -OCH3 is 1. The molecule has 2 amide bonds. The van der Waals surface area contributed by atoms with Gasteiger partial charge in [0.1, 0.15) is 12.3 Å². The van der Waals surface area contributed by atoms with Gasteiger partial charge in [-0.1, -0.05) is 66.7 Å². The fourth-order valence-corrected chi connectivity index (χ4v) is 5.63. The first kappa shape index (κ1) is 28.4. The van der Waals surface area contributed by atoms with Gasteiger partial charge >= 0.3 is 0 Å². The zero-order valence-corrected chi connectivity index (χ0v) is 23.1. The first-order valence-corrected chi connectivity index (χ1v) is 14.2. The molecule has 206 valence electrons. The summed E-state index contributed by atoms with van der Waals surface area (Å²) in [6, 6.07) is 29.4. The van der Waals surface area contributed by atoms with Gasteiger partial charge < -0.3 is 15.4 Å². The number of para-hydroxylation sites is 1. The summed E-state index contributed by atoms with van der Waals surface area (Å²) in [5.41, 5.74) is 2.67. The zero-order chi connectivity index (χ0) is 28.5. The number of hydrogen-bond acceptors (Lipinski definition) is 5. The predicted octanol–water partition coefficient (Wildman–Crippen LogP) is 4.81. The second kappa shape index (κ2) is 12.9. The van der Waals surface area contributed by atoms with Gasteiger partial charge in [0.05, 0.1) is 28.9 Å². The van der Waals surface area contributed by atoms with Crippen LogP contribution in [0, 0.1) is 6.92 Å². The van der Waals surface area contributed by atoms with E-state index in [9.17, 15) is 18.0 Å². The number of nitrogens with one attached hydrogen (secondary N) is 2. The van der Waals surface area contributed by atoms with Gasteiger partial charge in [0.25, 0.3) is 15.9 Å². The van der Waals surface area contributed by atoms with Crippen LogP contribution >= 0.6 is 0 Å². The Balaban J connectivity index is 1.56. The minimum atomic E-state index is -4.14. The Morgan fingerprint density at radius 3 is 2.20 bits per heavy atom. The Morgan fingerprint density at radius 2 is 1.50 bits per heavy atom. The van der Waals surface area contributed by atoms with Gasteiger partial charge in [0.15, 0.2) is 0 Å². The van der Waals surface area contributed by atoms with Gasteiger partial charge in [0.2, 0.25) is 5.91 Å². The van der Waals surface area contributed by atoms with Crippen molar-refractivity contribution in [3.63, 3.8) is 0 Å². The van der Waals surface area contributed by atoms with Crippen LogP contribution in [0.1, 0.15) is 21.5 Å². The number of amides is 2. The van der Waals surface area contributed by atoms with Crippen LogP contribution in [-0.4, -0.2) is 40.4 Å². The number of hydrogen-bond donors (Lipinski definition) is 2. The lowest BCUT2D eigenvalue weighted by Crippen LogP contribution is -2.38. The average Bonchev–Trinajstić information content (AvgIpc) is 2.97. The van der Waals surface area contributed by atoms with E-state index >= 15 is 0 Å². The number of aryl methyl sites for hydroxylation is 1. The van der Waals surface area contributed by atoms with Gasteiger partial charge in [-0.25, -0.2) is 8.42 Å². The van der Waals surface area contributed by atoms with Gasteiger partial charge in [-0.05, 0) is 60.9 Å². The van der Waals surface area contributed by atoms with E-state index in [2.05, 4.69) is 10.6 Å². The molecule has 0 unspecified atom stereocenters. The van der Waals surface area contributed by atoms with E-state index in [4.69, 9.17) is 4.74 Å². The number of carbonyl (C=O) groups excluding carboxylic acids is 2. The lowest BCUT2D eigenvalue weighted by atomic mass is 10.1. The van der Waals surface area contributed by atoms with Crippen LogP contribution in [-0.2, 0) is 21.2 Å². The molecule has 0 aliphatic rings. The molecule has 0 aliphatic carbocycles. The van der Waals surface area contributed by atoms with E-state index in [1.807, 2.05) is 37.3 Å². The predicted molar refractivity (Wildman–Crippen MR) is 156 cm³/mol. The first-order valence-electron chi connectivity index (χ1n) is 12.7. The van der Waals surface area contributed by atoms with Gasteiger partial charge in [0, 0.05) is 6.54 Å². The molecule has 4 aromatic rings. The third kappa shape index (κ3) is 6.86. The van der Waals surface area contributed by atoms with E-state index in [1.165, 1.54) is 19.2 Å². The minimum absolute atomic E-state index is 0.0320. The maximum absolute atomic E-state index is 13.7. The van der Waals surface area contributed by atoms with E-state index in [1.54, 1.807) is 60.7 Å². The number of sulfonamides is 1. The summed E-state index contributed by atoms with van der Waals surface area (Å²) in [6.45, 7) is 1.70. The summed E-state index contributed by atoms with van der Waals surface area (Å²) in [4.78, 5) is 26.3. The van der Waals surface area contributed by atoms with Gasteiger partial charge in [-0.15, -0.1) is 0 Å². The second-order valence-electron chi connectivity index (χ2n) is 9.09. The molecule has 0 saturated carbocycles. The summed E-state index contributed by atoms with van der Waals surface area (Å²) in [6.07, 6.45) is 0.658. The number of carbonyl (C=O) groups is 2. The third-order valence-corrected chi connectivity index (χ3v) is 7.98. The van der Waals surface area contributed by atoms with E-state index in [0.717, 1.165) is 15.4 Å². The smallest absolute Gasteiger partial charge is 0.264 e. The molecule has 0 aliphatic heterocycles. The second-order valence-corrected chi connectivity index (χ2v) is 10.9. The lowest BCUT2D eigenvalue weighted by Gasteiger charge is -2.26. The summed E-state index contributed by atoms with van der Waals surface area (Å²) in [5.74, 6) is -0.662. The summed E-state index contributed by atoms with van der Waals surface area (Å²) < 4.78 is 33.9. The van der Waals surface area contributed by atoms with Gasteiger partial charge in [-0.3, -0.25) is 13.9 Å². The molecular formula is C31H31N3O5S. The molecule has 0 aromatic heterocycles. The number of ether oxygens (including phenoxy) is 1. The van der Waals surface area contributed by atoms with Crippen LogP contribution in [0.25, 0.3) is 0 Å². The van der Waals surface area contributed by atoms with Crippen molar-refractivity contribution >= 4 is 33.2 Å². The molecule has 9 heteroatoms. The summed E-state index contributed by atoms with van der Waals surface area (Å²) in [7, 11) is -2.70. The van der Waals surface area contributed by atoms with E-state index < -0.39 is 22.5 Å². The molecule has 4 aromatic carbocycles. The van der Waals surface area contributed by atoms with Crippen molar-refractivity contribution in [3.05, 3.63) is 120 Å². The lowest BCUT2D eigenvalue weighted by molar-refractivity contribution is -0.114. The molecule has 4 rings (SSSR count). The number of rotatable bonds is 11. The Kier molecular flexibility index (Phi) is 9.19. The average molecular weight is 558 g/mol. The topological polar surface area (TPSA) is 105 Å². The van der Waals surface area contributed by atoms with Crippen molar-refractivity contribution in [3.8, 4) is 5.75 Å². The largest absolute Gasteiger partial charge is 0.495 e. The maximum atomic E-state index is 13.7. The summed E-state index contributed by atoms with van der Waals surface area (Å²) in [5, 5.41) is 5.61. The van der Waals surface area contributed by atoms with Crippen molar-refractivity contribution in [1.82, 2.24) is 5.32 Å². The van der Waals surface area contributed by atoms with Crippen LogP contribution in [0.5, 0.6) is 5.75 Å². The van der Waals surface area contributed by atoms with Crippen molar-refractivity contribution < 1.29 is 22.7 Å². The van der Waals surface area contributed by atoms with E-state index in [-0.39, 0.29) is 27.7 Å². The molecule has 0 radical (unpaired) electrons. The fraction of sp³-hybridized carbons (Fsp3) is 0.161. The molecular weight excluding hydrogens is 526 g/mol. The van der Waals surface area contributed by atoms with Crippen LogP contribution in [0.2, 0.25) is 0 Å². The van der Waals surface area contributed by atoms with E-state index in [0.29, 0.717) is 18.7 Å². The standard InChI is InChI=1S/C31H31N3O5S/c1-23-17-18-29(39-2)28(21-23)34(40(37,38)25-13-7-4-8-14-25)22-30(35)33-27-16-10-9-15-26(27)31(36)32-20-19-24-11-5-3-6-12-24/h3-18,21H,19-20,22H2,1-2H3,(H,32,36)(H,33,35). The quantitative estimate of drug-likeness (QED) is 0.275. The highest BCUT2D eigenvalue weighted by Gasteiger charge is 2.30. The SMILES string of the molecule is COc1ccc(C)cc1N(CC(=O)Nc1ccccc1C(=O)NCCc1ccccc1)S(=O)(=O)c1ccccc1. The fourth-order valence-electron chi connectivity index (χ4n) is 4.18. The molecule has 0 spiro atoms. The molecule has 0 saturated heterocycles. The molecule has 0 bridgehead atoms. The first-order chi connectivity index (χ1) is 19.3. The van der Waals surface area contributed by atoms with Crippen LogP contribution < -0.4 is 19.7 Å². The third-order valence-electron chi connectivity index (χ3n) is 6.21. The molecule has 8 nitrogen and oxygen atoms in total. The molecule has 0 atom stereocenters. The number of anilines is 2. The van der Waals surface area contributed by atoms with Crippen LogP contribution in [0.3, 0.4) is 0 Å². The Hall–Kier alpha value is -4.63. The van der Waals surface area contributed by atoms with Crippen molar-refractivity contribution in [2.24, 2.45) is 0 Å². The Bertz CT molecular complexity index is 1580. The highest BCUT2D eigenvalue weighted by atomic mass is 32.2. The number of benzene rings is 4. The van der Waals surface area contributed by atoms with Crippen LogP contribution in [0.4, 0.5) is 11.4 Å². The highest BCUT2D eigenvalue weighted by Crippen LogP contribution is 2.33. The van der Waals surface area contributed by atoms with Gasteiger partial charge in [-0.2, -0.15) is 0 Å². The van der Waals surface area contributed by atoms with Crippen LogP contribution in [0.15, 0.2) is 108 Å². The van der Waals surface area contributed by atoms with Crippen molar-refractivity contribution in [1.29, 1.82) is 0 Å². The zero-order valence-electron chi connectivity index (χ0n) is 22.3. The Morgan fingerprint density at radius 1 is 0.850 bits per heavy atom. The monoisotopic (exact) mass is 557 g/mol. The summed E-state index contributed by atoms with van der Waals surface area (Å²) >= 11 is 0. The molecule has 0 heterocycles.